The van der Waals surface area contributed by atoms with E-state index in [2.05, 4.69) is 20.1 Å². The summed E-state index contributed by atoms with van der Waals surface area (Å²) in [4.78, 5) is 16.2. The van der Waals surface area contributed by atoms with Gasteiger partial charge in [-0.25, -0.2) is 9.89 Å². The topological polar surface area (TPSA) is 74.0 Å². The van der Waals surface area contributed by atoms with Gasteiger partial charge in [-0.1, -0.05) is 30.3 Å². The Morgan fingerprint density at radius 3 is 2.28 bits per heavy atom. The highest BCUT2D eigenvalue weighted by molar-refractivity contribution is 5.34. The number of ether oxygens (including phenoxy) is 1. The lowest BCUT2D eigenvalue weighted by Crippen LogP contribution is -2.31. The molecule has 3 atom stereocenters. The second kappa shape index (κ2) is 8.77. The van der Waals surface area contributed by atoms with Crippen molar-refractivity contribution in [2.24, 2.45) is 11.3 Å². The molecule has 1 saturated carbocycles. The van der Waals surface area contributed by atoms with Gasteiger partial charge in [-0.15, -0.1) is 0 Å². The van der Waals surface area contributed by atoms with Crippen molar-refractivity contribution >= 4 is 0 Å². The first-order chi connectivity index (χ1) is 17.0. The van der Waals surface area contributed by atoms with Crippen molar-refractivity contribution in [1.82, 2.24) is 20.1 Å². The third-order valence-electron chi connectivity index (χ3n) is 6.95. The van der Waals surface area contributed by atoms with Crippen molar-refractivity contribution in [2.45, 2.75) is 38.0 Å². The molecule has 3 unspecified atom stereocenters. The maximum atomic E-state index is 13.2. The minimum Gasteiger partial charge on any atom is -0.376 e. The van der Waals surface area contributed by atoms with Crippen molar-refractivity contribution < 1.29 is 31.1 Å². The lowest BCUT2D eigenvalue weighted by molar-refractivity contribution is -0.143. The Morgan fingerprint density at radius 1 is 1.03 bits per heavy atom. The summed E-state index contributed by atoms with van der Waals surface area (Å²) >= 11 is 0. The summed E-state index contributed by atoms with van der Waals surface area (Å²) in [5, 5.41) is 6.32. The average molecular weight is 512 g/mol. The zero-order chi connectivity index (χ0) is 25.7. The van der Waals surface area contributed by atoms with Crippen LogP contribution < -0.4 is 5.69 Å². The second-order valence-corrected chi connectivity index (χ2v) is 9.41. The molecule has 2 heterocycles. The van der Waals surface area contributed by atoms with Crippen molar-refractivity contribution in [2.75, 3.05) is 13.2 Å². The van der Waals surface area contributed by atoms with Crippen molar-refractivity contribution in [3.8, 4) is 0 Å². The molecule has 5 rings (SSSR count). The minimum atomic E-state index is -4.91. The lowest BCUT2D eigenvalue weighted by atomic mass is 9.90. The van der Waals surface area contributed by atoms with Gasteiger partial charge in [-0.2, -0.15) is 31.4 Å². The standard InChI is InChI=1S/C24H22F6N4O2/c25-23(26,27)16-6-14(7-17(8-16)24(28,29)30)12-36-13-22-9-18(22)10-34(11-19-31-21(35)33-32-19)20(22)15-4-2-1-3-5-15/h1-8,18,20H,9-13H2,(H2,31,32,33,35). The first-order valence-electron chi connectivity index (χ1n) is 11.2. The first-order valence-corrected chi connectivity index (χ1v) is 11.2. The Labute approximate surface area is 201 Å². The van der Waals surface area contributed by atoms with E-state index in [1.54, 1.807) is 0 Å². The third-order valence-corrected chi connectivity index (χ3v) is 6.95. The highest BCUT2D eigenvalue weighted by Crippen LogP contribution is 2.67. The van der Waals surface area contributed by atoms with Crippen LogP contribution in [0.3, 0.4) is 0 Å². The van der Waals surface area contributed by atoms with E-state index in [0.29, 0.717) is 31.0 Å². The molecule has 0 radical (unpaired) electrons. The highest BCUT2D eigenvalue weighted by atomic mass is 19.4. The molecule has 12 heteroatoms. The SMILES string of the molecule is O=c1[nH]nc(CN2CC3CC3(COCc3cc(C(F)(F)F)cc(C(F)(F)F)c3)C2c2ccccc2)[nH]1. The van der Waals surface area contributed by atoms with Crippen LogP contribution in [0.5, 0.6) is 0 Å². The van der Waals surface area contributed by atoms with Gasteiger partial charge in [0.15, 0.2) is 0 Å². The van der Waals surface area contributed by atoms with Gasteiger partial charge in [0.05, 0.1) is 30.9 Å². The number of nitrogens with zero attached hydrogens (tertiary/aromatic N) is 2. The number of benzene rings is 2. The number of H-pyrrole nitrogens is 2. The van der Waals surface area contributed by atoms with Crippen LogP contribution in [0.4, 0.5) is 26.3 Å². The molecule has 3 aromatic rings. The van der Waals surface area contributed by atoms with Crippen LogP contribution in [0.25, 0.3) is 0 Å². The van der Waals surface area contributed by atoms with Crippen LogP contribution in [0.15, 0.2) is 53.3 Å². The molecule has 1 aromatic heterocycles. The monoisotopic (exact) mass is 512 g/mol. The summed E-state index contributed by atoms with van der Waals surface area (Å²) in [7, 11) is 0. The van der Waals surface area contributed by atoms with Gasteiger partial charge in [0.2, 0.25) is 0 Å². The molecule has 2 N–H and O–H groups in total. The van der Waals surface area contributed by atoms with Gasteiger partial charge >= 0.3 is 18.0 Å². The maximum Gasteiger partial charge on any atom is 0.416 e. The van der Waals surface area contributed by atoms with E-state index in [1.165, 1.54) is 0 Å². The van der Waals surface area contributed by atoms with E-state index in [0.717, 1.165) is 12.0 Å². The van der Waals surface area contributed by atoms with E-state index in [9.17, 15) is 31.1 Å². The molecule has 6 nitrogen and oxygen atoms in total. The van der Waals surface area contributed by atoms with E-state index in [-0.39, 0.29) is 42.2 Å². The first kappa shape index (κ1) is 24.6. The van der Waals surface area contributed by atoms with Gasteiger partial charge in [-0.3, -0.25) is 9.88 Å². The van der Waals surface area contributed by atoms with Gasteiger partial charge in [0, 0.05) is 18.0 Å². The van der Waals surface area contributed by atoms with Crippen molar-refractivity contribution in [3.05, 3.63) is 87.1 Å². The van der Waals surface area contributed by atoms with E-state index < -0.39 is 29.2 Å². The largest absolute Gasteiger partial charge is 0.416 e. The zero-order valence-electron chi connectivity index (χ0n) is 18.8. The van der Waals surface area contributed by atoms with Crippen molar-refractivity contribution in [1.29, 1.82) is 0 Å². The summed E-state index contributed by atoms with van der Waals surface area (Å²) in [5.41, 5.74) is -2.65. The van der Waals surface area contributed by atoms with Crippen molar-refractivity contribution in [3.63, 3.8) is 0 Å². The number of fused-ring (bicyclic) bond motifs is 1. The number of halogens is 6. The molecule has 36 heavy (non-hydrogen) atoms. The van der Waals surface area contributed by atoms with Crippen LogP contribution in [0, 0.1) is 11.3 Å². The predicted octanol–water partition coefficient (Wildman–Crippen LogP) is 4.92. The third kappa shape index (κ3) is 4.79. The highest BCUT2D eigenvalue weighted by Gasteiger charge is 2.66. The Morgan fingerprint density at radius 2 is 1.69 bits per heavy atom. The number of hydrogen-bond donors (Lipinski definition) is 2. The van der Waals surface area contributed by atoms with Gasteiger partial charge in [-0.05, 0) is 41.7 Å². The maximum absolute atomic E-state index is 13.2. The zero-order valence-corrected chi connectivity index (χ0v) is 18.8. The fraction of sp³-hybridized carbons (Fsp3) is 0.417. The molecule has 2 fully saturated rings. The van der Waals surface area contributed by atoms with Gasteiger partial charge in [0.1, 0.15) is 5.82 Å². The molecular weight excluding hydrogens is 490 g/mol. The molecule has 0 bridgehead atoms. The molecular formula is C24H22F6N4O2. The number of hydrogen-bond acceptors (Lipinski definition) is 4. The summed E-state index contributed by atoms with van der Waals surface area (Å²) in [6.07, 6.45) is -9.00. The summed E-state index contributed by atoms with van der Waals surface area (Å²) < 4.78 is 84.9. The van der Waals surface area contributed by atoms with Crippen LogP contribution in [-0.2, 0) is 30.2 Å². The summed E-state index contributed by atoms with van der Waals surface area (Å²) in [6, 6.07) is 11.0. The Hall–Kier alpha value is -3.12. The van der Waals surface area contributed by atoms with Crippen LogP contribution >= 0.6 is 0 Å². The normalized spacial score (nSPS) is 24.2. The number of piperidine rings is 1. The minimum absolute atomic E-state index is 0.110. The number of alkyl halides is 6. The molecule has 1 aliphatic carbocycles. The van der Waals surface area contributed by atoms with E-state index >= 15 is 0 Å². The number of rotatable bonds is 7. The van der Waals surface area contributed by atoms with E-state index in [4.69, 9.17) is 4.74 Å². The second-order valence-electron chi connectivity index (χ2n) is 9.41. The number of likely N-dealkylation sites (tertiary alicyclic amines) is 1. The number of nitrogens with one attached hydrogen (secondary N) is 2. The lowest BCUT2D eigenvalue weighted by Gasteiger charge is -2.32. The molecule has 192 valence electrons. The Kier molecular flexibility index (Phi) is 5.98. The predicted molar refractivity (Wildman–Crippen MR) is 115 cm³/mol. The van der Waals surface area contributed by atoms with Crippen LogP contribution in [0.1, 0.15) is 40.5 Å². The van der Waals surface area contributed by atoms with Gasteiger partial charge < -0.3 is 4.74 Å². The Balaban J connectivity index is 1.35. The molecule has 1 aliphatic heterocycles. The molecule has 2 aromatic carbocycles. The van der Waals surface area contributed by atoms with Crippen LogP contribution in [-0.4, -0.2) is 33.2 Å². The fourth-order valence-corrected chi connectivity index (χ4v) is 5.36. The number of aromatic amines is 2. The van der Waals surface area contributed by atoms with E-state index in [1.807, 2.05) is 30.3 Å². The smallest absolute Gasteiger partial charge is 0.376 e. The van der Waals surface area contributed by atoms with Gasteiger partial charge in [0.25, 0.3) is 0 Å². The molecule has 1 saturated heterocycles. The quantitative estimate of drug-likeness (QED) is 0.441. The summed E-state index contributed by atoms with van der Waals surface area (Å²) in [6.45, 7) is 0.858. The number of aromatic nitrogens is 3. The molecule has 0 amide bonds. The molecule has 2 aliphatic rings. The fourth-order valence-electron chi connectivity index (χ4n) is 5.36. The average Bonchev–Trinajstić information content (AvgIpc) is 3.17. The summed E-state index contributed by atoms with van der Waals surface area (Å²) in [5.74, 6) is 0.711. The van der Waals surface area contributed by atoms with Crippen LogP contribution in [0.2, 0.25) is 0 Å². The Bertz CT molecular complexity index is 1250. The molecule has 0 spiro atoms.